The minimum Gasteiger partial charge on any atom is -0.307 e. The first-order chi connectivity index (χ1) is 24.7. The topological polar surface area (TPSA) is 48.5 Å². The summed E-state index contributed by atoms with van der Waals surface area (Å²) in [6, 6.07) is 31.9. The predicted molar refractivity (Wildman–Crippen MR) is 179 cm³/mol. The fourth-order valence-corrected chi connectivity index (χ4v) is 5.93. The molecule has 0 aliphatic rings. The van der Waals surface area contributed by atoms with Crippen molar-refractivity contribution in [3.63, 3.8) is 0 Å². The molecule has 0 fully saturated rings. The molecular formula is C39H25N5. The fourth-order valence-electron chi connectivity index (χ4n) is 5.93. The first kappa shape index (κ1) is 18.5. The molecule has 0 radical (unpaired) electrons. The highest BCUT2D eigenvalue weighted by atomic mass is 15.2. The van der Waals surface area contributed by atoms with Gasteiger partial charge in [-0.3, -0.25) is 4.57 Å². The fraction of sp³-hybridized carbons (Fsp3) is 0. The van der Waals surface area contributed by atoms with Crippen LogP contribution in [0.25, 0.3) is 78.0 Å². The lowest BCUT2D eigenvalue weighted by Gasteiger charge is -2.13. The van der Waals surface area contributed by atoms with Gasteiger partial charge in [0.25, 0.3) is 0 Å². The minimum absolute atomic E-state index is 0.00574. The summed E-state index contributed by atoms with van der Waals surface area (Å²) in [7, 11) is 0. The van der Waals surface area contributed by atoms with Crippen molar-refractivity contribution in [3.05, 3.63) is 151 Å². The van der Waals surface area contributed by atoms with Gasteiger partial charge in [-0.25, -0.2) is 4.98 Å². The molecule has 0 bridgehead atoms. The van der Waals surface area contributed by atoms with Crippen molar-refractivity contribution >= 4 is 43.6 Å². The molecule has 0 spiro atoms. The lowest BCUT2D eigenvalue weighted by atomic mass is 10.1. The van der Waals surface area contributed by atoms with E-state index in [1.54, 1.807) is 10.6 Å². The molecule has 0 aliphatic heterocycles. The number of benzene rings is 6. The van der Waals surface area contributed by atoms with Crippen LogP contribution in [0.3, 0.4) is 0 Å². The number of rotatable bonds is 4. The van der Waals surface area contributed by atoms with Crippen molar-refractivity contribution in [1.29, 1.82) is 0 Å². The Morgan fingerprint density at radius 2 is 0.955 bits per heavy atom. The summed E-state index contributed by atoms with van der Waals surface area (Å²) in [5.74, 6) is 0.863. The summed E-state index contributed by atoms with van der Waals surface area (Å²) in [4.78, 5) is 14.8. The summed E-state index contributed by atoms with van der Waals surface area (Å²) in [5.41, 5.74) is 3.59. The SMILES string of the molecule is [2H]c1cc([2H])c2c(c1[2H])c1cc([2H])c3c4c([2H])c([2H])cc([2H])c4n(-c4nc(-c5ccccc5)nc(-c5ccccc5)n4)c3c1n2-c1ccccc1. The van der Waals surface area contributed by atoms with E-state index in [1.807, 2.05) is 95.6 Å². The first-order valence-corrected chi connectivity index (χ1v) is 14.1. The molecule has 6 aromatic carbocycles. The van der Waals surface area contributed by atoms with Crippen LogP contribution >= 0.6 is 0 Å². The van der Waals surface area contributed by atoms with Gasteiger partial charge >= 0.3 is 0 Å². The van der Waals surface area contributed by atoms with Crippen molar-refractivity contribution < 1.29 is 9.60 Å². The smallest absolute Gasteiger partial charge is 0.238 e. The van der Waals surface area contributed by atoms with Crippen molar-refractivity contribution in [2.24, 2.45) is 0 Å². The number of nitrogens with zero attached hydrogens (tertiary/aromatic N) is 5. The average molecular weight is 571 g/mol. The van der Waals surface area contributed by atoms with Crippen LogP contribution in [-0.2, 0) is 0 Å². The molecule has 5 nitrogen and oxygen atoms in total. The average Bonchev–Trinajstić information content (AvgIpc) is 3.69. The van der Waals surface area contributed by atoms with Gasteiger partial charge in [0.1, 0.15) is 0 Å². The molecule has 0 N–H and O–H groups in total. The molecule has 0 saturated carbocycles. The van der Waals surface area contributed by atoms with E-state index in [2.05, 4.69) is 0 Å². The Morgan fingerprint density at radius 1 is 0.432 bits per heavy atom. The van der Waals surface area contributed by atoms with E-state index >= 15 is 0 Å². The van der Waals surface area contributed by atoms with Crippen molar-refractivity contribution in [3.8, 4) is 34.4 Å². The molecule has 0 unspecified atom stereocenters. The quantitative estimate of drug-likeness (QED) is 0.212. The Hall–Kier alpha value is -6.07. The number of aromatic nitrogens is 5. The monoisotopic (exact) mass is 570 g/mol. The van der Waals surface area contributed by atoms with E-state index < -0.39 is 0 Å². The molecule has 0 saturated heterocycles. The molecule has 5 heteroatoms. The van der Waals surface area contributed by atoms with Gasteiger partial charge < -0.3 is 4.57 Å². The Balaban J connectivity index is 1.58. The van der Waals surface area contributed by atoms with Crippen LogP contribution in [0.4, 0.5) is 0 Å². The minimum atomic E-state index is -0.166. The van der Waals surface area contributed by atoms with E-state index in [0.29, 0.717) is 50.0 Å². The normalized spacial score (nSPS) is 13.9. The van der Waals surface area contributed by atoms with Gasteiger partial charge in [0.05, 0.1) is 31.7 Å². The molecule has 206 valence electrons. The Kier molecular flexibility index (Phi) is 4.09. The zero-order valence-electron chi connectivity index (χ0n) is 30.1. The summed E-state index contributed by atoms with van der Waals surface area (Å²) in [6.07, 6.45) is 0. The molecular weight excluding hydrogens is 538 g/mol. The van der Waals surface area contributed by atoms with Gasteiger partial charge in [-0.05, 0) is 24.2 Å². The predicted octanol–water partition coefficient (Wildman–Crippen LogP) is 9.40. The Labute approximate surface area is 263 Å². The standard InChI is InChI=1S/C39H25N5/c1-4-14-26(15-5-1)37-40-38(27-16-6-2-7-17-27)42-39(41-37)44-34-23-13-11-21-30(34)32-25-24-31-29-20-10-12-22-33(29)43(35(31)36(32)44)28-18-8-3-9-19-28/h1-25H/i10D,11D,20D,21D,22D,23D,25D. The lowest BCUT2D eigenvalue weighted by molar-refractivity contribution is 0.953. The summed E-state index contributed by atoms with van der Waals surface area (Å²) >= 11 is 0. The molecule has 44 heavy (non-hydrogen) atoms. The van der Waals surface area contributed by atoms with Gasteiger partial charge in [-0.2, -0.15) is 9.97 Å². The highest BCUT2D eigenvalue weighted by Crippen LogP contribution is 2.41. The van der Waals surface area contributed by atoms with Crippen LogP contribution < -0.4 is 0 Å². The number of hydrogen-bond acceptors (Lipinski definition) is 3. The summed E-state index contributed by atoms with van der Waals surface area (Å²) < 4.78 is 66.5. The van der Waals surface area contributed by atoms with E-state index in [4.69, 9.17) is 21.8 Å². The van der Waals surface area contributed by atoms with Crippen LogP contribution in [0.5, 0.6) is 0 Å². The maximum Gasteiger partial charge on any atom is 0.238 e. The van der Waals surface area contributed by atoms with Crippen LogP contribution in [0.15, 0.2) is 151 Å². The van der Waals surface area contributed by atoms with Crippen LogP contribution in [0.2, 0.25) is 0 Å². The molecule has 3 heterocycles. The Bertz CT molecular complexity index is 2810. The van der Waals surface area contributed by atoms with E-state index in [0.717, 1.165) is 11.1 Å². The van der Waals surface area contributed by atoms with Crippen molar-refractivity contribution in [1.82, 2.24) is 24.1 Å². The zero-order valence-corrected chi connectivity index (χ0v) is 23.1. The van der Waals surface area contributed by atoms with Crippen LogP contribution in [-0.4, -0.2) is 24.1 Å². The third kappa shape index (κ3) is 3.69. The second kappa shape index (κ2) is 9.75. The largest absolute Gasteiger partial charge is 0.307 e. The Morgan fingerprint density at radius 3 is 1.57 bits per heavy atom. The van der Waals surface area contributed by atoms with Gasteiger partial charge in [0, 0.05) is 38.4 Å². The molecule has 9 rings (SSSR count). The molecule has 0 amide bonds. The second-order valence-corrected chi connectivity index (χ2v) is 10.4. The summed E-state index contributed by atoms with van der Waals surface area (Å²) in [6.45, 7) is 0. The van der Waals surface area contributed by atoms with Gasteiger partial charge in [-0.1, -0.05) is 127 Å². The van der Waals surface area contributed by atoms with Gasteiger partial charge in [0.15, 0.2) is 11.6 Å². The van der Waals surface area contributed by atoms with E-state index in [1.165, 1.54) is 12.1 Å². The molecule has 9 aromatic rings. The maximum atomic E-state index is 9.43. The maximum absolute atomic E-state index is 9.43. The van der Waals surface area contributed by atoms with E-state index in [9.17, 15) is 2.74 Å². The van der Waals surface area contributed by atoms with E-state index in [-0.39, 0.29) is 59.1 Å². The van der Waals surface area contributed by atoms with Crippen molar-refractivity contribution in [2.75, 3.05) is 0 Å². The highest BCUT2D eigenvalue weighted by molar-refractivity contribution is 6.23. The lowest BCUT2D eigenvalue weighted by Crippen LogP contribution is -2.07. The number of para-hydroxylation sites is 3. The molecule has 0 aliphatic carbocycles. The van der Waals surface area contributed by atoms with Crippen molar-refractivity contribution in [2.45, 2.75) is 0 Å². The third-order valence-electron chi connectivity index (χ3n) is 7.82. The first-order valence-electron chi connectivity index (χ1n) is 17.6. The number of hydrogen-bond donors (Lipinski definition) is 0. The molecule has 3 aromatic heterocycles. The molecule has 0 atom stereocenters. The highest BCUT2D eigenvalue weighted by Gasteiger charge is 2.23. The summed E-state index contributed by atoms with van der Waals surface area (Å²) in [5, 5.41) is 1.31. The van der Waals surface area contributed by atoms with Gasteiger partial charge in [-0.15, -0.1) is 0 Å². The second-order valence-electron chi connectivity index (χ2n) is 10.4. The third-order valence-corrected chi connectivity index (χ3v) is 7.82. The van der Waals surface area contributed by atoms with Gasteiger partial charge in [0.2, 0.25) is 5.95 Å². The number of fused-ring (bicyclic) bond motifs is 7. The van der Waals surface area contributed by atoms with Crippen LogP contribution in [0, 0.1) is 0 Å². The zero-order chi connectivity index (χ0) is 35.1. The van der Waals surface area contributed by atoms with Crippen LogP contribution in [0.1, 0.15) is 9.60 Å².